The van der Waals surface area contributed by atoms with Crippen molar-refractivity contribution in [3.8, 4) is 17.2 Å². The number of aliphatic hydroxyl groups excluding tert-OH is 1. The van der Waals surface area contributed by atoms with E-state index in [1.807, 2.05) is 18.2 Å². The van der Waals surface area contributed by atoms with E-state index in [2.05, 4.69) is 5.32 Å². The SMILES string of the molecule is O=C(Nc1ccccc1O)C1=C[C@@H](c2ccc3c(c2)OCO3)C[C@@H](OCCOCCO)O1. The van der Waals surface area contributed by atoms with E-state index in [1.54, 1.807) is 24.3 Å². The standard InChI is InChI=1S/C23H25NO8/c25-7-8-28-9-10-29-22-13-16(15-5-6-19-20(11-15)31-14-30-19)12-21(32-22)23(27)24-17-3-1-2-4-18(17)26/h1-6,11-12,16,22,25-26H,7-10,13-14H2,(H,24,27)/t16-,22+/m1/s1. The maximum absolute atomic E-state index is 12.9. The molecule has 0 fully saturated rings. The summed E-state index contributed by atoms with van der Waals surface area (Å²) < 4.78 is 27.6. The van der Waals surface area contributed by atoms with Gasteiger partial charge in [0.05, 0.1) is 32.1 Å². The molecule has 1 amide bonds. The van der Waals surface area contributed by atoms with Crippen molar-refractivity contribution in [2.45, 2.75) is 18.6 Å². The van der Waals surface area contributed by atoms with E-state index in [9.17, 15) is 9.90 Å². The molecule has 0 saturated heterocycles. The molecule has 2 atom stereocenters. The Morgan fingerprint density at radius 1 is 1.09 bits per heavy atom. The Morgan fingerprint density at radius 3 is 2.78 bits per heavy atom. The second-order valence-corrected chi connectivity index (χ2v) is 7.21. The smallest absolute Gasteiger partial charge is 0.290 e. The van der Waals surface area contributed by atoms with Gasteiger partial charge in [-0.1, -0.05) is 18.2 Å². The lowest BCUT2D eigenvalue weighted by Crippen LogP contribution is -2.30. The van der Waals surface area contributed by atoms with E-state index in [1.165, 1.54) is 6.07 Å². The summed E-state index contributed by atoms with van der Waals surface area (Å²) in [6.07, 6.45) is 1.53. The molecule has 2 aliphatic rings. The number of phenols is 1. The molecule has 9 heteroatoms. The Hall–Kier alpha value is -3.27. The summed E-state index contributed by atoms with van der Waals surface area (Å²) in [4.78, 5) is 12.9. The van der Waals surface area contributed by atoms with E-state index in [0.29, 0.717) is 17.9 Å². The summed E-state index contributed by atoms with van der Waals surface area (Å²) in [5.74, 6) is 0.698. The second kappa shape index (κ2) is 10.4. The summed E-state index contributed by atoms with van der Waals surface area (Å²) in [6, 6.07) is 12.1. The van der Waals surface area contributed by atoms with Crippen molar-refractivity contribution in [3.05, 3.63) is 59.9 Å². The molecule has 0 aromatic heterocycles. The quantitative estimate of drug-likeness (QED) is 0.400. The maximum Gasteiger partial charge on any atom is 0.290 e. The molecule has 170 valence electrons. The minimum absolute atomic E-state index is 0.0431. The Balaban J connectivity index is 1.51. The molecular formula is C23H25NO8. The van der Waals surface area contributed by atoms with Crippen LogP contribution in [0.5, 0.6) is 17.2 Å². The fourth-order valence-corrected chi connectivity index (χ4v) is 3.46. The molecule has 0 saturated carbocycles. The molecule has 0 unspecified atom stereocenters. The first-order valence-electron chi connectivity index (χ1n) is 10.3. The number of carbonyl (C=O) groups is 1. The van der Waals surface area contributed by atoms with Crippen LogP contribution in [0.25, 0.3) is 0 Å². The summed E-state index contributed by atoms with van der Waals surface area (Å²) in [6.45, 7) is 0.871. The number of allylic oxidation sites excluding steroid dienone is 1. The number of hydrogen-bond acceptors (Lipinski definition) is 8. The first kappa shape index (κ1) is 21.9. The molecule has 2 aliphatic heterocycles. The highest BCUT2D eigenvalue weighted by Gasteiger charge is 2.30. The molecule has 0 radical (unpaired) electrons. The predicted octanol–water partition coefficient (Wildman–Crippen LogP) is 2.50. The zero-order valence-electron chi connectivity index (χ0n) is 17.4. The second-order valence-electron chi connectivity index (χ2n) is 7.21. The Kier molecular flexibility index (Phi) is 7.10. The molecule has 0 spiro atoms. The number of hydrogen-bond donors (Lipinski definition) is 3. The minimum atomic E-state index is -0.682. The highest BCUT2D eigenvalue weighted by Crippen LogP contribution is 2.38. The zero-order valence-corrected chi connectivity index (χ0v) is 17.4. The van der Waals surface area contributed by atoms with Gasteiger partial charge in [-0.3, -0.25) is 4.79 Å². The van der Waals surface area contributed by atoms with Crippen molar-refractivity contribution < 1.29 is 38.7 Å². The fraction of sp³-hybridized carbons (Fsp3) is 0.348. The number of rotatable bonds is 9. The lowest BCUT2D eigenvalue weighted by molar-refractivity contribution is -0.148. The van der Waals surface area contributed by atoms with Crippen LogP contribution in [0.2, 0.25) is 0 Å². The van der Waals surface area contributed by atoms with Crippen LogP contribution < -0.4 is 14.8 Å². The van der Waals surface area contributed by atoms with Gasteiger partial charge in [0, 0.05) is 12.3 Å². The van der Waals surface area contributed by atoms with Gasteiger partial charge in [-0.05, 0) is 35.9 Å². The highest BCUT2D eigenvalue weighted by atomic mass is 16.7. The number of phenolic OH excluding ortho intramolecular Hbond substituents is 1. The summed E-state index contributed by atoms with van der Waals surface area (Å²) >= 11 is 0. The van der Waals surface area contributed by atoms with Crippen LogP contribution in [0.4, 0.5) is 5.69 Å². The van der Waals surface area contributed by atoms with Crippen LogP contribution in [-0.4, -0.2) is 55.6 Å². The molecule has 2 aromatic carbocycles. The van der Waals surface area contributed by atoms with Crippen molar-refractivity contribution in [3.63, 3.8) is 0 Å². The van der Waals surface area contributed by atoms with E-state index in [-0.39, 0.29) is 56.3 Å². The van der Waals surface area contributed by atoms with Crippen LogP contribution in [0.15, 0.2) is 54.3 Å². The number of anilines is 1. The molecule has 9 nitrogen and oxygen atoms in total. The van der Waals surface area contributed by atoms with Gasteiger partial charge in [-0.2, -0.15) is 0 Å². The van der Waals surface area contributed by atoms with Gasteiger partial charge in [0.2, 0.25) is 13.1 Å². The van der Waals surface area contributed by atoms with Gasteiger partial charge in [-0.25, -0.2) is 0 Å². The van der Waals surface area contributed by atoms with Crippen molar-refractivity contribution >= 4 is 11.6 Å². The Morgan fingerprint density at radius 2 is 1.94 bits per heavy atom. The summed E-state index contributed by atoms with van der Waals surface area (Å²) in [5, 5.41) is 21.4. The van der Waals surface area contributed by atoms with Crippen LogP contribution >= 0.6 is 0 Å². The topological polar surface area (TPSA) is 116 Å². The summed E-state index contributed by atoms with van der Waals surface area (Å²) in [7, 11) is 0. The molecule has 32 heavy (non-hydrogen) atoms. The third-order valence-electron chi connectivity index (χ3n) is 5.03. The number of para-hydroxylation sites is 2. The molecule has 3 N–H and O–H groups in total. The van der Waals surface area contributed by atoms with Gasteiger partial charge in [0.25, 0.3) is 5.91 Å². The first-order chi connectivity index (χ1) is 15.6. The normalized spacial score (nSPS) is 19.2. The molecular weight excluding hydrogens is 418 g/mol. The van der Waals surface area contributed by atoms with E-state index in [4.69, 9.17) is 28.8 Å². The fourth-order valence-electron chi connectivity index (χ4n) is 3.46. The van der Waals surface area contributed by atoms with Gasteiger partial charge in [-0.15, -0.1) is 0 Å². The number of aromatic hydroxyl groups is 1. The third-order valence-corrected chi connectivity index (χ3v) is 5.03. The molecule has 2 aromatic rings. The molecule has 0 aliphatic carbocycles. The highest BCUT2D eigenvalue weighted by molar-refractivity contribution is 6.03. The zero-order chi connectivity index (χ0) is 22.3. The van der Waals surface area contributed by atoms with Crippen LogP contribution in [0, 0.1) is 0 Å². The number of carbonyl (C=O) groups excluding carboxylic acids is 1. The van der Waals surface area contributed by atoms with E-state index < -0.39 is 12.2 Å². The maximum atomic E-state index is 12.9. The summed E-state index contributed by atoms with van der Waals surface area (Å²) in [5.41, 5.74) is 1.21. The predicted molar refractivity (Wildman–Crippen MR) is 113 cm³/mol. The number of nitrogens with one attached hydrogen (secondary N) is 1. The third kappa shape index (κ3) is 5.31. The molecule has 2 heterocycles. The van der Waals surface area contributed by atoms with Crippen molar-refractivity contribution in [2.75, 3.05) is 38.5 Å². The van der Waals surface area contributed by atoms with Crippen molar-refractivity contribution in [2.24, 2.45) is 0 Å². The molecule has 4 rings (SSSR count). The Labute approximate surface area is 185 Å². The number of ether oxygens (including phenoxy) is 5. The Bertz CT molecular complexity index is 976. The number of aliphatic hydroxyl groups is 1. The number of amides is 1. The van der Waals surface area contributed by atoms with E-state index in [0.717, 1.165) is 5.56 Å². The van der Waals surface area contributed by atoms with Gasteiger partial charge in [0.1, 0.15) is 5.75 Å². The lowest BCUT2D eigenvalue weighted by Gasteiger charge is -2.29. The van der Waals surface area contributed by atoms with Gasteiger partial charge in [0.15, 0.2) is 17.3 Å². The number of fused-ring (bicyclic) bond motifs is 1. The van der Waals surface area contributed by atoms with Crippen molar-refractivity contribution in [1.82, 2.24) is 0 Å². The van der Waals surface area contributed by atoms with Gasteiger partial charge < -0.3 is 39.2 Å². The largest absolute Gasteiger partial charge is 0.506 e. The van der Waals surface area contributed by atoms with Crippen LogP contribution in [0.1, 0.15) is 17.9 Å². The van der Waals surface area contributed by atoms with Crippen LogP contribution in [-0.2, 0) is 19.0 Å². The van der Waals surface area contributed by atoms with Gasteiger partial charge >= 0.3 is 0 Å². The number of benzene rings is 2. The van der Waals surface area contributed by atoms with Crippen molar-refractivity contribution in [1.29, 1.82) is 0 Å². The van der Waals surface area contributed by atoms with E-state index >= 15 is 0 Å². The minimum Gasteiger partial charge on any atom is -0.506 e. The average Bonchev–Trinajstić information content (AvgIpc) is 3.28. The monoisotopic (exact) mass is 443 g/mol. The molecule has 0 bridgehead atoms. The lowest BCUT2D eigenvalue weighted by atomic mass is 9.92. The van der Waals surface area contributed by atoms with Crippen LogP contribution in [0.3, 0.4) is 0 Å². The average molecular weight is 443 g/mol. The first-order valence-corrected chi connectivity index (χ1v) is 10.3.